The molecular weight excluding hydrogens is 158 g/mol. The smallest absolute Gasteiger partial charge is 0.211 e. The fourth-order valence-electron chi connectivity index (χ4n) is 0.883. The van der Waals surface area contributed by atoms with Crippen molar-refractivity contribution in [2.45, 2.75) is 19.8 Å². The monoisotopic (exact) mass is 167 g/mol. The van der Waals surface area contributed by atoms with Gasteiger partial charge in [0, 0.05) is 0 Å². The average Bonchev–Trinajstić information content (AvgIpc) is 2.36. The van der Waals surface area contributed by atoms with Crippen molar-refractivity contribution in [3.05, 3.63) is 17.0 Å². The van der Waals surface area contributed by atoms with E-state index in [9.17, 15) is 4.79 Å². The summed E-state index contributed by atoms with van der Waals surface area (Å²) in [6, 6.07) is 1.99. The van der Waals surface area contributed by atoms with Gasteiger partial charge in [-0.2, -0.15) is 4.99 Å². The molecule has 0 amide bonds. The number of nitrogens with zero attached hydrogens (tertiary/aromatic N) is 1. The summed E-state index contributed by atoms with van der Waals surface area (Å²) in [5.41, 5.74) is 1.12. The van der Waals surface area contributed by atoms with E-state index >= 15 is 0 Å². The number of aliphatic imine (C=N–C) groups is 1. The highest BCUT2D eigenvalue weighted by Crippen LogP contribution is 2.31. The quantitative estimate of drug-likeness (QED) is 0.492. The zero-order valence-corrected chi connectivity index (χ0v) is 7.31. The Balaban J connectivity index is 3.05. The van der Waals surface area contributed by atoms with E-state index in [2.05, 4.69) is 18.8 Å². The molecule has 0 radical (unpaired) electrons. The molecule has 0 bridgehead atoms. The zero-order valence-electron chi connectivity index (χ0n) is 6.50. The van der Waals surface area contributed by atoms with Crippen molar-refractivity contribution in [2.75, 3.05) is 0 Å². The van der Waals surface area contributed by atoms with Gasteiger partial charge in [-0.15, -0.1) is 11.3 Å². The second-order valence-corrected chi connectivity index (χ2v) is 3.43. The van der Waals surface area contributed by atoms with Crippen molar-refractivity contribution in [2.24, 2.45) is 4.99 Å². The van der Waals surface area contributed by atoms with Crippen LogP contribution in [0.3, 0.4) is 0 Å². The fraction of sp³-hybridized carbons (Fsp3) is 0.375. The van der Waals surface area contributed by atoms with Crippen LogP contribution in [0, 0.1) is 0 Å². The van der Waals surface area contributed by atoms with E-state index in [1.165, 1.54) is 11.3 Å². The Morgan fingerprint density at radius 3 is 2.91 bits per heavy atom. The van der Waals surface area contributed by atoms with Gasteiger partial charge in [0.1, 0.15) is 5.00 Å². The van der Waals surface area contributed by atoms with Gasteiger partial charge in [-0.05, 0) is 22.9 Å². The Morgan fingerprint density at radius 2 is 2.36 bits per heavy atom. The average molecular weight is 167 g/mol. The molecule has 0 spiro atoms. The summed E-state index contributed by atoms with van der Waals surface area (Å²) in [7, 11) is 0. The van der Waals surface area contributed by atoms with E-state index in [0.717, 1.165) is 10.6 Å². The molecule has 0 aliphatic rings. The van der Waals surface area contributed by atoms with Crippen LogP contribution < -0.4 is 0 Å². The van der Waals surface area contributed by atoms with Crippen LogP contribution in [-0.2, 0) is 4.79 Å². The van der Waals surface area contributed by atoms with Gasteiger partial charge in [0.25, 0.3) is 0 Å². The maximum atomic E-state index is 9.96. The van der Waals surface area contributed by atoms with Crippen molar-refractivity contribution < 1.29 is 4.79 Å². The van der Waals surface area contributed by atoms with E-state index in [0.29, 0.717) is 5.92 Å². The summed E-state index contributed by atoms with van der Waals surface area (Å²) in [5.74, 6) is 0.424. The summed E-state index contributed by atoms with van der Waals surface area (Å²) in [5, 5.41) is 2.72. The molecule has 0 aromatic carbocycles. The molecule has 1 aromatic heterocycles. The van der Waals surface area contributed by atoms with Gasteiger partial charge in [-0.3, -0.25) is 0 Å². The Kier molecular flexibility index (Phi) is 2.58. The van der Waals surface area contributed by atoms with Gasteiger partial charge >= 0.3 is 0 Å². The van der Waals surface area contributed by atoms with E-state index in [1.54, 1.807) is 6.08 Å². The first-order chi connectivity index (χ1) is 5.25. The third-order valence-corrected chi connectivity index (χ3v) is 2.27. The first-order valence-electron chi connectivity index (χ1n) is 3.41. The van der Waals surface area contributed by atoms with Gasteiger partial charge < -0.3 is 0 Å². The maximum absolute atomic E-state index is 9.96. The standard InChI is InChI=1S/C8H9NOS/c1-6(2)7-3-4-11-8(7)9-5-10/h3-4,6H,1-2H3. The number of carbonyl (C=O) groups excluding carboxylic acids is 1. The lowest BCUT2D eigenvalue weighted by molar-refractivity contribution is 0.565. The molecular formula is C8H9NOS. The number of hydrogen-bond donors (Lipinski definition) is 0. The third-order valence-electron chi connectivity index (χ3n) is 1.44. The molecule has 0 N–H and O–H groups in total. The fourth-order valence-corrected chi connectivity index (χ4v) is 1.76. The molecule has 3 heteroatoms. The van der Waals surface area contributed by atoms with Crippen molar-refractivity contribution in [1.29, 1.82) is 0 Å². The molecule has 1 heterocycles. The van der Waals surface area contributed by atoms with E-state index in [4.69, 9.17) is 0 Å². The molecule has 11 heavy (non-hydrogen) atoms. The Bertz CT molecular complexity index is 284. The van der Waals surface area contributed by atoms with E-state index in [-0.39, 0.29) is 0 Å². The Morgan fingerprint density at radius 1 is 1.64 bits per heavy atom. The van der Waals surface area contributed by atoms with Crippen LogP contribution in [-0.4, -0.2) is 6.08 Å². The molecule has 0 atom stereocenters. The second kappa shape index (κ2) is 3.46. The summed E-state index contributed by atoms with van der Waals surface area (Å²) < 4.78 is 0. The Labute approximate surface area is 69.6 Å². The summed E-state index contributed by atoms with van der Waals surface area (Å²) >= 11 is 1.47. The van der Waals surface area contributed by atoms with Crippen LogP contribution in [0.5, 0.6) is 0 Å². The molecule has 0 fully saturated rings. The zero-order chi connectivity index (χ0) is 8.27. The highest BCUT2D eigenvalue weighted by molar-refractivity contribution is 7.14. The normalized spacial score (nSPS) is 9.73. The minimum absolute atomic E-state index is 0.424. The molecule has 2 nitrogen and oxygen atoms in total. The van der Waals surface area contributed by atoms with Crippen LogP contribution >= 0.6 is 11.3 Å². The minimum Gasteiger partial charge on any atom is -0.211 e. The first kappa shape index (κ1) is 8.18. The second-order valence-electron chi connectivity index (χ2n) is 2.54. The van der Waals surface area contributed by atoms with Crippen molar-refractivity contribution in [3.63, 3.8) is 0 Å². The molecule has 0 saturated carbocycles. The summed E-state index contributed by atoms with van der Waals surface area (Å²) in [4.78, 5) is 13.6. The summed E-state index contributed by atoms with van der Waals surface area (Å²) in [6.07, 6.45) is 1.55. The lowest BCUT2D eigenvalue weighted by Crippen LogP contribution is -1.81. The largest absolute Gasteiger partial charge is 0.241 e. The highest BCUT2D eigenvalue weighted by Gasteiger charge is 2.05. The molecule has 0 aliphatic heterocycles. The lowest BCUT2D eigenvalue weighted by atomic mass is 10.1. The maximum Gasteiger partial charge on any atom is 0.241 e. The van der Waals surface area contributed by atoms with E-state index in [1.807, 2.05) is 11.4 Å². The van der Waals surface area contributed by atoms with Gasteiger partial charge in [-0.25, -0.2) is 4.79 Å². The highest BCUT2D eigenvalue weighted by atomic mass is 32.1. The SMILES string of the molecule is CC(C)c1ccsc1N=C=O. The molecule has 58 valence electrons. The Hall–Kier alpha value is -0.920. The predicted molar refractivity (Wildman–Crippen MR) is 46.2 cm³/mol. The van der Waals surface area contributed by atoms with Gasteiger partial charge in [0.05, 0.1) is 0 Å². The predicted octanol–water partition coefficient (Wildman–Crippen LogP) is 2.84. The van der Waals surface area contributed by atoms with Crippen LogP contribution in [0.4, 0.5) is 5.00 Å². The van der Waals surface area contributed by atoms with Gasteiger partial charge in [0.15, 0.2) is 0 Å². The molecule has 0 aliphatic carbocycles. The van der Waals surface area contributed by atoms with Crippen LogP contribution in [0.1, 0.15) is 25.3 Å². The van der Waals surface area contributed by atoms with E-state index < -0.39 is 0 Å². The molecule has 1 rings (SSSR count). The third kappa shape index (κ3) is 1.76. The van der Waals surface area contributed by atoms with Gasteiger partial charge in [-0.1, -0.05) is 13.8 Å². The van der Waals surface area contributed by atoms with Crippen LogP contribution in [0.25, 0.3) is 0 Å². The molecule has 1 aromatic rings. The number of isocyanates is 1. The van der Waals surface area contributed by atoms with Gasteiger partial charge in [0.2, 0.25) is 6.08 Å². The molecule has 0 unspecified atom stereocenters. The number of hydrogen-bond acceptors (Lipinski definition) is 3. The van der Waals surface area contributed by atoms with Crippen LogP contribution in [0.2, 0.25) is 0 Å². The summed E-state index contributed by atoms with van der Waals surface area (Å²) in [6.45, 7) is 4.15. The molecule has 0 saturated heterocycles. The topological polar surface area (TPSA) is 29.4 Å². The lowest BCUT2D eigenvalue weighted by Gasteiger charge is -2.00. The first-order valence-corrected chi connectivity index (χ1v) is 4.29. The van der Waals surface area contributed by atoms with Crippen molar-refractivity contribution in [3.8, 4) is 0 Å². The van der Waals surface area contributed by atoms with Crippen LogP contribution in [0.15, 0.2) is 16.4 Å². The number of rotatable bonds is 2. The number of thiophene rings is 1. The minimum atomic E-state index is 0.424. The van der Waals surface area contributed by atoms with Crippen molar-refractivity contribution >= 4 is 22.4 Å². The van der Waals surface area contributed by atoms with Crippen molar-refractivity contribution in [1.82, 2.24) is 0 Å².